The molecule has 1 amide bonds. The minimum absolute atomic E-state index is 0.00658. The number of carbonyl (C=O) groups is 1. The van der Waals surface area contributed by atoms with Crippen LogP contribution in [-0.4, -0.2) is 28.7 Å². The fourth-order valence-electron chi connectivity index (χ4n) is 3.45. The van der Waals surface area contributed by atoms with E-state index < -0.39 is 18.8 Å². The predicted molar refractivity (Wildman–Crippen MR) is 101 cm³/mol. The molecule has 0 aliphatic heterocycles. The molecule has 9 heteroatoms. The van der Waals surface area contributed by atoms with Crippen LogP contribution in [0.25, 0.3) is 10.9 Å². The van der Waals surface area contributed by atoms with Gasteiger partial charge >= 0.3 is 6.18 Å². The minimum atomic E-state index is -4.42. The Morgan fingerprint density at radius 1 is 1.30 bits per heavy atom. The van der Waals surface area contributed by atoms with Crippen LogP contribution in [0, 0.1) is 11.7 Å². The zero-order valence-corrected chi connectivity index (χ0v) is 16.0. The van der Waals surface area contributed by atoms with E-state index >= 15 is 0 Å². The number of nitrogens with zero attached hydrogens (tertiary/aromatic N) is 1. The molecule has 1 aromatic carbocycles. The maximum atomic E-state index is 13.4. The van der Waals surface area contributed by atoms with Gasteiger partial charge in [0.05, 0.1) is 17.9 Å². The Morgan fingerprint density at radius 3 is 2.80 bits per heavy atom. The molecule has 2 N–H and O–H groups in total. The molecule has 4 rings (SSSR count). The summed E-state index contributed by atoms with van der Waals surface area (Å²) in [6, 6.07) is 8.86. The van der Waals surface area contributed by atoms with Crippen molar-refractivity contribution in [1.29, 1.82) is 0 Å². The van der Waals surface area contributed by atoms with Crippen molar-refractivity contribution in [2.24, 2.45) is 5.92 Å². The lowest BCUT2D eigenvalue weighted by molar-refractivity contribution is -0.153. The molecular weight excluding hydrogens is 402 g/mol. The Balaban J connectivity index is 1.33. The van der Waals surface area contributed by atoms with E-state index in [9.17, 15) is 22.4 Å². The molecule has 5 nitrogen and oxygen atoms in total. The molecule has 30 heavy (non-hydrogen) atoms. The Bertz CT molecular complexity index is 1060. The molecule has 1 fully saturated rings. The van der Waals surface area contributed by atoms with Crippen LogP contribution in [0.5, 0.6) is 5.75 Å². The number of aromatic nitrogens is 2. The number of halogens is 4. The smallest absolute Gasteiger partial charge is 0.422 e. The number of ether oxygens (including phenoxy) is 1. The van der Waals surface area contributed by atoms with E-state index in [1.54, 1.807) is 13.0 Å². The number of hydrogen-bond acceptors (Lipinski definition) is 3. The lowest BCUT2D eigenvalue weighted by atomic mass is 10.1. The first-order chi connectivity index (χ1) is 14.2. The van der Waals surface area contributed by atoms with Crippen molar-refractivity contribution >= 4 is 16.8 Å². The van der Waals surface area contributed by atoms with Crippen LogP contribution in [0.15, 0.2) is 42.6 Å². The summed E-state index contributed by atoms with van der Waals surface area (Å²) in [6.45, 7) is 0.364. The molecule has 1 saturated carbocycles. The summed E-state index contributed by atoms with van der Waals surface area (Å²) >= 11 is 0. The van der Waals surface area contributed by atoms with Gasteiger partial charge in [0, 0.05) is 28.4 Å². The molecule has 2 heterocycles. The maximum Gasteiger partial charge on any atom is 0.422 e. The van der Waals surface area contributed by atoms with Gasteiger partial charge in [-0.3, -0.25) is 9.78 Å². The van der Waals surface area contributed by atoms with Crippen LogP contribution in [0.2, 0.25) is 0 Å². The number of hydrogen-bond donors (Lipinski definition) is 2. The van der Waals surface area contributed by atoms with Gasteiger partial charge in [0.1, 0.15) is 11.6 Å². The molecule has 0 bridgehead atoms. The fraction of sp³-hybridized carbons (Fsp3) is 0.333. The van der Waals surface area contributed by atoms with Gasteiger partial charge in [0.15, 0.2) is 6.61 Å². The maximum absolute atomic E-state index is 13.4. The number of fused-ring (bicyclic) bond motifs is 1. The van der Waals surface area contributed by atoms with Crippen LogP contribution in [0.3, 0.4) is 0 Å². The van der Waals surface area contributed by atoms with E-state index in [4.69, 9.17) is 0 Å². The molecule has 3 aromatic rings. The van der Waals surface area contributed by atoms with Gasteiger partial charge in [-0.1, -0.05) is 0 Å². The SMILES string of the molecule is CC(NC(=O)[C@@H]1C[C@H]1c1cc2cc(F)ccc2[nH]1)c1ccc(OCC(F)(F)F)cn1. The quantitative estimate of drug-likeness (QED) is 0.571. The largest absolute Gasteiger partial charge is 0.483 e. The first-order valence-corrected chi connectivity index (χ1v) is 9.43. The van der Waals surface area contributed by atoms with Gasteiger partial charge in [0.2, 0.25) is 5.91 Å². The summed E-state index contributed by atoms with van der Waals surface area (Å²) in [7, 11) is 0. The van der Waals surface area contributed by atoms with E-state index in [2.05, 4.69) is 20.0 Å². The van der Waals surface area contributed by atoms with Crippen LogP contribution in [0.4, 0.5) is 17.6 Å². The number of nitrogens with one attached hydrogen (secondary N) is 2. The number of benzene rings is 1. The first kappa shape index (κ1) is 20.2. The van der Waals surface area contributed by atoms with E-state index in [-0.39, 0.29) is 29.3 Å². The summed E-state index contributed by atoms with van der Waals surface area (Å²) in [5.74, 6) is -0.587. The highest BCUT2D eigenvalue weighted by Crippen LogP contribution is 2.48. The molecule has 1 aliphatic rings. The van der Waals surface area contributed by atoms with Crippen LogP contribution in [-0.2, 0) is 4.79 Å². The Morgan fingerprint density at radius 2 is 2.10 bits per heavy atom. The van der Waals surface area contributed by atoms with E-state index in [1.807, 2.05) is 6.07 Å². The Kier molecular flexibility index (Phi) is 5.13. The molecule has 1 aliphatic carbocycles. The van der Waals surface area contributed by atoms with Crippen molar-refractivity contribution in [3.63, 3.8) is 0 Å². The van der Waals surface area contributed by atoms with Crippen molar-refractivity contribution in [1.82, 2.24) is 15.3 Å². The van der Waals surface area contributed by atoms with Gasteiger partial charge in [-0.15, -0.1) is 0 Å². The Labute approximate surface area is 169 Å². The van der Waals surface area contributed by atoms with Crippen LogP contribution >= 0.6 is 0 Å². The number of rotatable bonds is 6. The molecular formula is C21H19F4N3O2. The highest BCUT2D eigenvalue weighted by Gasteiger charge is 2.45. The highest BCUT2D eigenvalue weighted by atomic mass is 19.4. The van der Waals surface area contributed by atoms with Gasteiger partial charge in [-0.05, 0) is 49.7 Å². The summed E-state index contributed by atoms with van der Waals surface area (Å²) in [6.07, 6.45) is -2.53. The second-order valence-electron chi connectivity index (χ2n) is 7.46. The third-order valence-electron chi connectivity index (χ3n) is 5.09. The van der Waals surface area contributed by atoms with Gasteiger partial charge < -0.3 is 15.0 Å². The van der Waals surface area contributed by atoms with E-state index in [1.165, 1.54) is 30.5 Å². The molecule has 1 unspecified atom stereocenters. The second-order valence-corrected chi connectivity index (χ2v) is 7.46. The third-order valence-corrected chi connectivity index (χ3v) is 5.09. The van der Waals surface area contributed by atoms with E-state index in [0.29, 0.717) is 12.1 Å². The molecule has 158 valence electrons. The zero-order chi connectivity index (χ0) is 21.5. The number of H-pyrrole nitrogens is 1. The highest BCUT2D eigenvalue weighted by molar-refractivity contribution is 5.85. The summed E-state index contributed by atoms with van der Waals surface area (Å²) < 4.78 is 54.6. The van der Waals surface area contributed by atoms with E-state index in [0.717, 1.165) is 16.6 Å². The van der Waals surface area contributed by atoms with Crippen molar-refractivity contribution in [2.45, 2.75) is 31.5 Å². The van der Waals surface area contributed by atoms with Gasteiger partial charge in [-0.2, -0.15) is 13.2 Å². The average molecular weight is 421 g/mol. The standard InChI is InChI=1S/C21H19F4N3O2/c1-11(17-5-3-14(9-26-17)30-10-21(23,24)25)27-20(29)16-8-15(16)19-7-12-6-13(22)2-4-18(12)28-19/h2-7,9,11,15-16,28H,8,10H2,1H3,(H,27,29)/t11?,15-,16-/m1/s1. The second kappa shape index (κ2) is 7.62. The third kappa shape index (κ3) is 4.55. The van der Waals surface area contributed by atoms with Crippen LogP contribution in [0.1, 0.15) is 36.7 Å². The molecule has 2 aromatic heterocycles. The topological polar surface area (TPSA) is 67.0 Å². The molecule has 0 saturated heterocycles. The average Bonchev–Trinajstić information content (AvgIpc) is 3.39. The van der Waals surface area contributed by atoms with Crippen molar-refractivity contribution in [3.05, 3.63) is 59.8 Å². The lowest BCUT2D eigenvalue weighted by Crippen LogP contribution is -2.29. The molecule has 0 radical (unpaired) electrons. The number of amides is 1. The normalized spacial score (nSPS) is 19.5. The van der Waals surface area contributed by atoms with Crippen LogP contribution < -0.4 is 10.1 Å². The Hall–Kier alpha value is -3.10. The lowest BCUT2D eigenvalue weighted by Gasteiger charge is -2.14. The van der Waals surface area contributed by atoms with Crippen molar-refractivity contribution in [2.75, 3.05) is 6.61 Å². The summed E-state index contributed by atoms with van der Waals surface area (Å²) in [5.41, 5.74) is 2.23. The predicted octanol–water partition coefficient (Wildman–Crippen LogP) is 4.62. The number of aromatic amines is 1. The van der Waals surface area contributed by atoms with Gasteiger partial charge in [0.25, 0.3) is 0 Å². The number of pyridine rings is 1. The van der Waals surface area contributed by atoms with Gasteiger partial charge in [-0.25, -0.2) is 4.39 Å². The fourth-order valence-corrected chi connectivity index (χ4v) is 3.45. The zero-order valence-electron chi connectivity index (χ0n) is 16.0. The summed E-state index contributed by atoms with van der Waals surface area (Å²) in [4.78, 5) is 19.9. The molecule has 3 atom stereocenters. The number of carbonyl (C=O) groups excluding carboxylic acids is 1. The first-order valence-electron chi connectivity index (χ1n) is 9.43. The summed E-state index contributed by atoms with van der Waals surface area (Å²) in [5, 5.41) is 3.65. The monoisotopic (exact) mass is 421 g/mol. The molecule has 0 spiro atoms. The minimum Gasteiger partial charge on any atom is -0.483 e. The van der Waals surface area contributed by atoms with Crippen molar-refractivity contribution in [3.8, 4) is 5.75 Å². The number of alkyl halides is 3. The van der Waals surface area contributed by atoms with Crippen molar-refractivity contribution < 1.29 is 27.1 Å².